The molecule has 0 spiro atoms. The van der Waals surface area contributed by atoms with E-state index in [2.05, 4.69) is 31.3 Å². The molecule has 2 atom stereocenters. The third-order valence-electron chi connectivity index (χ3n) is 2.54. The summed E-state index contributed by atoms with van der Waals surface area (Å²) in [5, 5.41) is 19.5. The van der Waals surface area contributed by atoms with E-state index in [4.69, 9.17) is 0 Å². The second-order valence-corrected chi connectivity index (χ2v) is 3.69. The van der Waals surface area contributed by atoms with E-state index in [-0.39, 0.29) is 17.9 Å². The van der Waals surface area contributed by atoms with Gasteiger partial charge in [-0.05, 0) is 19.9 Å². The highest BCUT2D eigenvalue weighted by molar-refractivity contribution is 5.79. The van der Waals surface area contributed by atoms with Crippen LogP contribution < -0.4 is 10.6 Å². The van der Waals surface area contributed by atoms with Crippen molar-refractivity contribution in [2.75, 3.05) is 13.1 Å². The van der Waals surface area contributed by atoms with Crippen molar-refractivity contribution in [3.8, 4) is 0 Å². The van der Waals surface area contributed by atoms with Crippen LogP contribution in [-0.2, 0) is 4.79 Å². The minimum Gasteiger partial charge on any atom is -0.346 e. The van der Waals surface area contributed by atoms with E-state index in [0.717, 1.165) is 19.5 Å². The van der Waals surface area contributed by atoms with Crippen molar-refractivity contribution in [2.45, 2.75) is 19.4 Å². The van der Waals surface area contributed by atoms with Crippen LogP contribution in [0.5, 0.6) is 0 Å². The predicted molar refractivity (Wildman–Crippen MR) is 51.7 cm³/mol. The van der Waals surface area contributed by atoms with Crippen LogP contribution >= 0.6 is 0 Å². The summed E-state index contributed by atoms with van der Waals surface area (Å²) in [6, 6.07) is -0.197. The number of nitrogens with zero attached hydrogens (tertiary/aromatic N) is 3. The quantitative estimate of drug-likeness (QED) is 0.594. The summed E-state index contributed by atoms with van der Waals surface area (Å²) in [7, 11) is 0. The monoisotopic (exact) mass is 210 g/mol. The van der Waals surface area contributed by atoms with Crippen LogP contribution in [0.15, 0.2) is 0 Å². The molecule has 82 valence electrons. The van der Waals surface area contributed by atoms with Gasteiger partial charge in [0.25, 0.3) is 0 Å². The van der Waals surface area contributed by atoms with Crippen molar-refractivity contribution in [3.05, 3.63) is 5.82 Å². The molecule has 0 bridgehead atoms. The van der Waals surface area contributed by atoms with Crippen molar-refractivity contribution >= 4 is 5.91 Å². The third-order valence-corrected chi connectivity index (χ3v) is 2.54. The highest BCUT2D eigenvalue weighted by atomic mass is 16.2. The number of aromatic amines is 1. The van der Waals surface area contributed by atoms with Gasteiger partial charge >= 0.3 is 0 Å². The van der Waals surface area contributed by atoms with Crippen LogP contribution in [0.2, 0.25) is 0 Å². The van der Waals surface area contributed by atoms with Crippen molar-refractivity contribution in [2.24, 2.45) is 5.92 Å². The van der Waals surface area contributed by atoms with Gasteiger partial charge in [-0.25, -0.2) is 0 Å². The Bertz CT molecular complexity index is 318. The Kier molecular flexibility index (Phi) is 2.91. The van der Waals surface area contributed by atoms with Crippen LogP contribution in [0, 0.1) is 5.92 Å². The zero-order valence-electron chi connectivity index (χ0n) is 8.53. The van der Waals surface area contributed by atoms with Crippen LogP contribution in [0.25, 0.3) is 0 Å². The maximum absolute atomic E-state index is 11.7. The molecule has 7 nitrogen and oxygen atoms in total. The van der Waals surface area contributed by atoms with Crippen LogP contribution in [-0.4, -0.2) is 39.6 Å². The summed E-state index contributed by atoms with van der Waals surface area (Å²) < 4.78 is 0. The first-order valence-corrected chi connectivity index (χ1v) is 5.02. The molecule has 1 aromatic rings. The molecule has 0 saturated carbocycles. The van der Waals surface area contributed by atoms with Gasteiger partial charge in [0.1, 0.15) is 0 Å². The fourth-order valence-electron chi connectivity index (χ4n) is 1.63. The number of carbonyl (C=O) groups excluding carboxylic acids is 1. The topological polar surface area (TPSA) is 95.6 Å². The largest absolute Gasteiger partial charge is 0.346 e. The molecule has 1 aliphatic heterocycles. The number of rotatable bonds is 3. The van der Waals surface area contributed by atoms with E-state index >= 15 is 0 Å². The normalized spacial score (nSPS) is 22.6. The first-order chi connectivity index (χ1) is 7.27. The molecule has 1 amide bonds. The number of amides is 1. The van der Waals surface area contributed by atoms with E-state index in [0.29, 0.717) is 5.82 Å². The highest BCUT2D eigenvalue weighted by Gasteiger charge is 2.24. The van der Waals surface area contributed by atoms with Gasteiger partial charge in [-0.15, -0.1) is 10.2 Å². The summed E-state index contributed by atoms with van der Waals surface area (Å²) in [6.45, 7) is 3.50. The van der Waals surface area contributed by atoms with Crippen LogP contribution in [0.3, 0.4) is 0 Å². The molecule has 1 aromatic heterocycles. The van der Waals surface area contributed by atoms with Crippen molar-refractivity contribution in [1.82, 2.24) is 31.3 Å². The first-order valence-electron chi connectivity index (χ1n) is 5.02. The van der Waals surface area contributed by atoms with E-state index < -0.39 is 0 Å². The van der Waals surface area contributed by atoms with Gasteiger partial charge in [0.2, 0.25) is 5.91 Å². The predicted octanol–water partition coefficient (Wildman–Crippen LogP) is -1.01. The molecule has 3 N–H and O–H groups in total. The van der Waals surface area contributed by atoms with Crippen molar-refractivity contribution in [3.63, 3.8) is 0 Å². The van der Waals surface area contributed by atoms with Crippen molar-refractivity contribution in [1.29, 1.82) is 0 Å². The molecule has 1 fully saturated rings. The Morgan fingerprint density at radius 3 is 3.13 bits per heavy atom. The lowest BCUT2D eigenvalue weighted by Crippen LogP contribution is -2.34. The van der Waals surface area contributed by atoms with Gasteiger partial charge in [0, 0.05) is 6.54 Å². The molecule has 1 saturated heterocycles. The smallest absolute Gasteiger partial charge is 0.225 e. The maximum Gasteiger partial charge on any atom is 0.225 e. The fraction of sp³-hybridized carbons (Fsp3) is 0.750. The molecular formula is C8H14N6O. The lowest BCUT2D eigenvalue weighted by atomic mass is 10.1. The lowest BCUT2D eigenvalue weighted by molar-refractivity contribution is -0.125. The zero-order valence-corrected chi connectivity index (χ0v) is 8.53. The van der Waals surface area contributed by atoms with E-state index in [1.165, 1.54) is 0 Å². The number of H-pyrrole nitrogens is 1. The summed E-state index contributed by atoms with van der Waals surface area (Å²) >= 11 is 0. The number of aromatic nitrogens is 4. The molecular weight excluding hydrogens is 196 g/mol. The van der Waals surface area contributed by atoms with Crippen LogP contribution in [0.4, 0.5) is 0 Å². The summed E-state index contributed by atoms with van der Waals surface area (Å²) in [6.07, 6.45) is 0.894. The van der Waals surface area contributed by atoms with Gasteiger partial charge in [-0.2, -0.15) is 5.21 Å². The molecule has 0 aromatic carbocycles. The Morgan fingerprint density at radius 1 is 1.67 bits per heavy atom. The van der Waals surface area contributed by atoms with E-state index in [9.17, 15) is 4.79 Å². The van der Waals surface area contributed by atoms with Gasteiger partial charge < -0.3 is 10.6 Å². The Morgan fingerprint density at radius 2 is 2.53 bits per heavy atom. The third kappa shape index (κ3) is 2.30. The van der Waals surface area contributed by atoms with Gasteiger partial charge in [0.15, 0.2) is 5.82 Å². The fourth-order valence-corrected chi connectivity index (χ4v) is 1.63. The molecule has 1 aliphatic rings. The zero-order chi connectivity index (χ0) is 10.7. The minimum absolute atomic E-state index is 0.0531. The second-order valence-electron chi connectivity index (χ2n) is 3.69. The molecule has 7 heteroatoms. The number of carbonyl (C=O) groups is 1. The van der Waals surface area contributed by atoms with Crippen molar-refractivity contribution < 1.29 is 4.79 Å². The second kappa shape index (κ2) is 4.35. The minimum atomic E-state index is -0.197. The SMILES string of the molecule is CC(NC(=O)C1CCNC1)c1nn[nH]n1. The van der Waals surface area contributed by atoms with Gasteiger partial charge in [-0.3, -0.25) is 4.79 Å². The number of tetrazole rings is 1. The Balaban J connectivity index is 1.88. The number of nitrogens with one attached hydrogen (secondary N) is 3. The average Bonchev–Trinajstić information content (AvgIpc) is 2.91. The lowest BCUT2D eigenvalue weighted by Gasteiger charge is -2.13. The Labute approximate surface area is 87.0 Å². The molecule has 0 aliphatic carbocycles. The molecule has 2 heterocycles. The summed E-state index contributed by atoms with van der Waals surface area (Å²) in [5.41, 5.74) is 0. The highest BCUT2D eigenvalue weighted by Crippen LogP contribution is 2.10. The number of hydrogen-bond acceptors (Lipinski definition) is 5. The standard InChI is InChI=1S/C8H14N6O/c1-5(7-11-13-14-12-7)10-8(15)6-2-3-9-4-6/h5-6,9H,2-4H2,1H3,(H,10,15)(H,11,12,13,14). The molecule has 15 heavy (non-hydrogen) atoms. The van der Waals surface area contributed by atoms with Gasteiger partial charge in [-0.1, -0.05) is 5.21 Å². The van der Waals surface area contributed by atoms with E-state index in [1.54, 1.807) is 0 Å². The van der Waals surface area contributed by atoms with E-state index in [1.807, 2.05) is 6.92 Å². The van der Waals surface area contributed by atoms with Gasteiger partial charge in [0.05, 0.1) is 12.0 Å². The number of hydrogen-bond donors (Lipinski definition) is 3. The summed E-state index contributed by atoms with van der Waals surface area (Å²) in [4.78, 5) is 11.7. The first kappa shape index (κ1) is 10.0. The molecule has 2 unspecified atom stereocenters. The average molecular weight is 210 g/mol. The molecule has 0 radical (unpaired) electrons. The van der Waals surface area contributed by atoms with Crippen LogP contribution in [0.1, 0.15) is 25.2 Å². The Hall–Kier alpha value is -1.50. The maximum atomic E-state index is 11.7. The summed E-state index contributed by atoms with van der Waals surface area (Å²) in [5.74, 6) is 0.631. The molecule has 2 rings (SSSR count).